The van der Waals surface area contributed by atoms with E-state index >= 15 is 0 Å². The number of carbonyl (C=O) groups is 1. The van der Waals surface area contributed by atoms with Crippen LogP contribution in [0.15, 0.2) is 22.7 Å². The second kappa shape index (κ2) is 4.35. The summed E-state index contributed by atoms with van der Waals surface area (Å²) in [6.07, 6.45) is 2.69. The molecule has 0 fully saturated rings. The van der Waals surface area contributed by atoms with Crippen molar-refractivity contribution in [1.82, 2.24) is 0 Å². The first-order chi connectivity index (χ1) is 7.20. The van der Waals surface area contributed by atoms with E-state index in [-0.39, 0.29) is 11.9 Å². The van der Waals surface area contributed by atoms with Crippen LogP contribution in [-0.4, -0.2) is 13.1 Å². The van der Waals surface area contributed by atoms with Gasteiger partial charge in [0.25, 0.3) is 0 Å². The highest BCUT2D eigenvalue weighted by Crippen LogP contribution is 2.28. The molecule has 0 heterocycles. The van der Waals surface area contributed by atoms with Crippen LogP contribution < -0.4 is 0 Å². The average Bonchev–Trinajstić information content (AvgIpc) is 2.27. The van der Waals surface area contributed by atoms with Crippen LogP contribution in [0.3, 0.4) is 0 Å². The van der Waals surface area contributed by atoms with Crippen molar-refractivity contribution in [3.63, 3.8) is 0 Å². The number of methoxy groups -OCH3 is 1. The Morgan fingerprint density at radius 3 is 3.00 bits per heavy atom. The van der Waals surface area contributed by atoms with Crippen LogP contribution >= 0.6 is 15.9 Å². The minimum atomic E-state index is -0.0828. The molecule has 2 rings (SSSR count). The van der Waals surface area contributed by atoms with Gasteiger partial charge in [-0.15, -0.1) is 0 Å². The third-order valence-electron chi connectivity index (χ3n) is 2.93. The van der Waals surface area contributed by atoms with Gasteiger partial charge in [-0.1, -0.05) is 22.0 Å². The van der Waals surface area contributed by atoms with Crippen LogP contribution in [0.2, 0.25) is 0 Å². The fourth-order valence-electron chi connectivity index (χ4n) is 2.09. The molecule has 0 saturated carbocycles. The molecule has 80 valence electrons. The van der Waals surface area contributed by atoms with Gasteiger partial charge in [0.05, 0.1) is 13.0 Å². The molecule has 3 heteroatoms. The Morgan fingerprint density at radius 2 is 2.27 bits per heavy atom. The summed E-state index contributed by atoms with van der Waals surface area (Å²) in [6, 6.07) is 6.29. The van der Waals surface area contributed by atoms with E-state index in [9.17, 15) is 4.79 Å². The Hall–Kier alpha value is -0.830. The van der Waals surface area contributed by atoms with Crippen LogP contribution in [-0.2, 0) is 22.4 Å². The summed E-state index contributed by atoms with van der Waals surface area (Å²) >= 11 is 3.45. The van der Waals surface area contributed by atoms with Gasteiger partial charge in [0.2, 0.25) is 0 Å². The standard InChI is InChI=1S/C12H13BrO2/c1-15-12(14)9-3-2-8-4-5-11(13)7-10(8)6-9/h4-5,7,9H,2-3,6H2,1H3/t9-/m0/s1. The summed E-state index contributed by atoms with van der Waals surface area (Å²) < 4.78 is 5.86. The molecule has 0 aliphatic heterocycles. The number of aryl methyl sites for hydroxylation is 1. The van der Waals surface area contributed by atoms with E-state index in [0.717, 1.165) is 23.7 Å². The van der Waals surface area contributed by atoms with Crippen molar-refractivity contribution in [1.29, 1.82) is 0 Å². The molecule has 1 aromatic carbocycles. The van der Waals surface area contributed by atoms with Crippen molar-refractivity contribution in [3.05, 3.63) is 33.8 Å². The first-order valence-corrected chi connectivity index (χ1v) is 5.85. The van der Waals surface area contributed by atoms with Crippen molar-refractivity contribution >= 4 is 21.9 Å². The van der Waals surface area contributed by atoms with Crippen LogP contribution in [0, 0.1) is 5.92 Å². The Bertz CT molecular complexity index is 387. The lowest BCUT2D eigenvalue weighted by Crippen LogP contribution is -2.23. The minimum Gasteiger partial charge on any atom is -0.469 e. The quantitative estimate of drug-likeness (QED) is 0.733. The molecule has 15 heavy (non-hydrogen) atoms. The molecule has 1 atom stereocenters. The summed E-state index contributed by atoms with van der Waals surface area (Å²) in [5.41, 5.74) is 2.63. The molecule has 0 aromatic heterocycles. The summed E-state index contributed by atoms with van der Waals surface area (Å²) in [7, 11) is 1.46. The number of halogens is 1. The number of benzene rings is 1. The lowest BCUT2D eigenvalue weighted by atomic mass is 9.84. The number of ether oxygens (including phenoxy) is 1. The van der Waals surface area contributed by atoms with Gasteiger partial charge in [0.15, 0.2) is 0 Å². The molecule has 0 bridgehead atoms. The van der Waals surface area contributed by atoms with E-state index in [4.69, 9.17) is 4.74 Å². The number of esters is 1. The van der Waals surface area contributed by atoms with E-state index in [1.54, 1.807) is 0 Å². The maximum Gasteiger partial charge on any atom is 0.309 e. The summed E-state index contributed by atoms with van der Waals surface area (Å²) in [6.45, 7) is 0. The monoisotopic (exact) mass is 268 g/mol. The lowest BCUT2D eigenvalue weighted by Gasteiger charge is -2.22. The molecule has 1 aliphatic rings. The minimum absolute atomic E-state index is 0.0387. The highest BCUT2D eigenvalue weighted by atomic mass is 79.9. The molecular formula is C12H13BrO2. The van der Waals surface area contributed by atoms with E-state index in [2.05, 4.69) is 34.1 Å². The number of hydrogen-bond acceptors (Lipinski definition) is 2. The Kier molecular flexibility index (Phi) is 3.10. The maximum absolute atomic E-state index is 11.4. The zero-order chi connectivity index (χ0) is 10.8. The zero-order valence-corrected chi connectivity index (χ0v) is 10.2. The van der Waals surface area contributed by atoms with E-state index in [1.807, 2.05) is 0 Å². The number of carbonyl (C=O) groups excluding carboxylic acids is 1. The van der Waals surface area contributed by atoms with Crippen LogP contribution in [0.25, 0.3) is 0 Å². The maximum atomic E-state index is 11.4. The van der Waals surface area contributed by atoms with Crippen molar-refractivity contribution in [2.24, 2.45) is 5.92 Å². The summed E-state index contributed by atoms with van der Waals surface area (Å²) in [4.78, 5) is 11.4. The third-order valence-corrected chi connectivity index (χ3v) is 3.42. The normalized spacial score (nSPS) is 19.5. The zero-order valence-electron chi connectivity index (χ0n) is 8.63. The Balaban J connectivity index is 2.22. The molecule has 0 saturated heterocycles. The number of rotatable bonds is 1. The van der Waals surface area contributed by atoms with Crippen molar-refractivity contribution in [3.8, 4) is 0 Å². The molecule has 1 aliphatic carbocycles. The SMILES string of the molecule is COC(=O)[C@H]1CCc2ccc(Br)cc2C1. The molecule has 0 radical (unpaired) electrons. The topological polar surface area (TPSA) is 26.3 Å². The van der Waals surface area contributed by atoms with Crippen LogP contribution in [0.4, 0.5) is 0 Å². The van der Waals surface area contributed by atoms with Crippen molar-refractivity contribution < 1.29 is 9.53 Å². The fraction of sp³-hybridized carbons (Fsp3) is 0.417. The van der Waals surface area contributed by atoms with Crippen LogP contribution in [0.1, 0.15) is 17.5 Å². The largest absolute Gasteiger partial charge is 0.469 e. The first-order valence-electron chi connectivity index (χ1n) is 5.06. The molecule has 1 aromatic rings. The molecule has 0 spiro atoms. The molecule has 0 N–H and O–H groups in total. The molecular weight excluding hydrogens is 256 g/mol. The van der Waals surface area contributed by atoms with Gasteiger partial charge in [-0.3, -0.25) is 4.79 Å². The predicted molar refractivity (Wildman–Crippen MR) is 61.7 cm³/mol. The van der Waals surface area contributed by atoms with Gasteiger partial charge in [-0.2, -0.15) is 0 Å². The molecule has 0 amide bonds. The van der Waals surface area contributed by atoms with Gasteiger partial charge >= 0.3 is 5.97 Å². The average molecular weight is 269 g/mol. The second-order valence-corrected chi connectivity index (χ2v) is 4.79. The van der Waals surface area contributed by atoms with Crippen molar-refractivity contribution in [2.45, 2.75) is 19.3 Å². The summed E-state index contributed by atoms with van der Waals surface area (Å²) in [5, 5.41) is 0. The predicted octanol–water partition coefficient (Wildman–Crippen LogP) is 2.73. The van der Waals surface area contributed by atoms with Gasteiger partial charge in [-0.25, -0.2) is 0 Å². The smallest absolute Gasteiger partial charge is 0.309 e. The van der Waals surface area contributed by atoms with Gasteiger partial charge < -0.3 is 4.74 Å². The van der Waals surface area contributed by atoms with E-state index < -0.39 is 0 Å². The summed E-state index contributed by atoms with van der Waals surface area (Å²) in [5.74, 6) is -0.0441. The van der Waals surface area contributed by atoms with Gasteiger partial charge in [0.1, 0.15) is 0 Å². The van der Waals surface area contributed by atoms with E-state index in [0.29, 0.717) is 0 Å². The van der Waals surface area contributed by atoms with Gasteiger partial charge in [-0.05, 0) is 42.5 Å². The Labute approximate surface area is 97.8 Å². The van der Waals surface area contributed by atoms with Gasteiger partial charge in [0, 0.05) is 4.47 Å². The lowest BCUT2D eigenvalue weighted by molar-refractivity contribution is -0.145. The van der Waals surface area contributed by atoms with E-state index in [1.165, 1.54) is 18.2 Å². The molecule has 2 nitrogen and oxygen atoms in total. The number of hydrogen-bond donors (Lipinski definition) is 0. The highest BCUT2D eigenvalue weighted by molar-refractivity contribution is 9.10. The van der Waals surface area contributed by atoms with Crippen molar-refractivity contribution in [2.75, 3.05) is 7.11 Å². The third kappa shape index (κ3) is 2.23. The fourth-order valence-corrected chi connectivity index (χ4v) is 2.50. The molecule has 0 unspecified atom stereocenters. The van der Waals surface area contributed by atoms with Crippen LogP contribution in [0.5, 0.6) is 0 Å². The Morgan fingerprint density at radius 1 is 1.47 bits per heavy atom. The highest BCUT2D eigenvalue weighted by Gasteiger charge is 2.25. The number of fused-ring (bicyclic) bond motifs is 1. The first kappa shape index (κ1) is 10.7. The second-order valence-electron chi connectivity index (χ2n) is 3.88.